The standard InChI is InChI=1S/C22H17FN4O2/c1-12-20(13(2)29-26-12)15-6-7-17-18(9-15)24-10-19-21(17)27(22(28)25-19)11-14-4-3-5-16(23)8-14/h3-10H,11H2,1-2H3,(H,25,28). The Hall–Kier alpha value is -3.74. The number of nitrogens with zero attached hydrogens (tertiary/aromatic N) is 3. The van der Waals surface area contributed by atoms with Gasteiger partial charge in [0.1, 0.15) is 11.6 Å². The maximum Gasteiger partial charge on any atom is 0.326 e. The lowest BCUT2D eigenvalue weighted by atomic mass is 10.0. The first-order valence-electron chi connectivity index (χ1n) is 9.20. The van der Waals surface area contributed by atoms with Crippen molar-refractivity contribution >= 4 is 21.9 Å². The molecule has 0 aliphatic carbocycles. The molecular weight excluding hydrogens is 371 g/mol. The van der Waals surface area contributed by atoms with Gasteiger partial charge < -0.3 is 9.51 Å². The van der Waals surface area contributed by atoms with Gasteiger partial charge in [0.2, 0.25) is 0 Å². The van der Waals surface area contributed by atoms with Gasteiger partial charge in [0, 0.05) is 10.9 Å². The highest BCUT2D eigenvalue weighted by Crippen LogP contribution is 2.31. The fourth-order valence-corrected chi connectivity index (χ4v) is 3.86. The Morgan fingerprint density at radius 1 is 1.17 bits per heavy atom. The van der Waals surface area contributed by atoms with Crippen molar-refractivity contribution in [2.45, 2.75) is 20.4 Å². The number of rotatable bonds is 3. The molecule has 0 saturated heterocycles. The van der Waals surface area contributed by atoms with Crippen molar-refractivity contribution in [3.63, 3.8) is 0 Å². The number of aryl methyl sites for hydroxylation is 2. The predicted molar refractivity (Wildman–Crippen MR) is 108 cm³/mol. The third-order valence-electron chi connectivity index (χ3n) is 5.15. The molecule has 0 fully saturated rings. The summed E-state index contributed by atoms with van der Waals surface area (Å²) in [7, 11) is 0. The van der Waals surface area contributed by atoms with Crippen molar-refractivity contribution in [2.24, 2.45) is 0 Å². The third-order valence-corrected chi connectivity index (χ3v) is 5.15. The molecule has 2 aromatic carbocycles. The number of nitrogens with one attached hydrogen (secondary N) is 1. The minimum absolute atomic E-state index is 0.256. The molecule has 0 unspecified atom stereocenters. The highest BCUT2D eigenvalue weighted by atomic mass is 19.1. The van der Waals surface area contributed by atoms with Gasteiger partial charge in [-0.05, 0) is 43.2 Å². The zero-order chi connectivity index (χ0) is 20.1. The largest absolute Gasteiger partial charge is 0.361 e. The van der Waals surface area contributed by atoms with Gasteiger partial charge in [-0.15, -0.1) is 0 Å². The molecule has 5 aromatic rings. The first-order valence-corrected chi connectivity index (χ1v) is 9.20. The molecule has 0 radical (unpaired) electrons. The monoisotopic (exact) mass is 388 g/mol. The van der Waals surface area contributed by atoms with Crippen LogP contribution in [0.2, 0.25) is 0 Å². The molecule has 7 heteroatoms. The van der Waals surface area contributed by atoms with Crippen LogP contribution < -0.4 is 5.69 Å². The second-order valence-corrected chi connectivity index (χ2v) is 7.10. The van der Waals surface area contributed by atoms with Crippen molar-refractivity contribution in [1.82, 2.24) is 19.7 Å². The second kappa shape index (κ2) is 6.41. The Bertz CT molecular complexity index is 1430. The normalized spacial score (nSPS) is 11.6. The molecule has 0 aliphatic rings. The number of pyridine rings is 1. The number of halogens is 1. The van der Waals surface area contributed by atoms with Crippen LogP contribution in [0.1, 0.15) is 17.0 Å². The van der Waals surface area contributed by atoms with Crippen LogP contribution in [0.4, 0.5) is 4.39 Å². The Morgan fingerprint density at radius 2 is 2.03 bits per heavy atom. The Kier molecular flexibility index (Phi) is 3.84. The fraction of sp³-hybridized carbons (Fsp3) is 0.136. The summed E-state index contributed by atoms with van der Waals surface area (Å²) in [6.45, 7) is 4.04. The average molecular weight is 388 g/mol. The number of benzene rings is 2. The quantitative estimate of drug-likeness (QED) is 0.499. The van der Waals surface area contributed by atoms with E-state index in [-0.39, 0.29) is 18.1 Å². The molecule has 5 rings (SSSR count). The summed E-state index contributed by atoms with van der Waals surface area (Å²) in [5.74, 6) is 0.415. The highest BCUT2D eigenvalue weighted by molar-refractivity contribution is 6.03. The molecule has 0 amide bonds. The minimum Gasteiger partial charge on any atom is -0.361 e. The maximum absolute atomic E-state index is 13.6. The smallest absolute Gasteiger partial charge is 0.326 e. The van der Waals surface area contributed by atoms with Gasteiger partial charge in [0.05, 0.1) is 35.0 Å². The highest BCUT2D eigenvalue weighted by Gasteiger charge is 2.15. The van der Waals surface area contributed by atoms with Gasteiger partial charge in [-0.25, -0.2) is 9.18 Å². The van der Waals surface area contributed by atoms with E-state index >= 15 is 0 Å². The molecule has 3 aromatic heterocycles. The van der Waals surface area contributed by atoms with E-state index in [9.17, 15) is 9.18 Å². The topological polar surface area (TPSA) is 76.7 Å². The van der Waals surface area contributed by atoms with E-state index in [1.807, 2.05) is 32.0 Å². The number of H-pyrrole nitrogens is 1. The van der Waals surface area contributed by atoms with Crippen molar-refractivity contribution in [1.29, 1.82) is 0 Å². The SMILES string of the molecule is Cc1noc(C)c1-c1ccc2c(c1)ncc1[nH]c(=O)n(Cc3cccc(F)c3)c12. The van der Waals surface area contributed by atoms with Gasteiger partial charge in [0.25, 0.3) is 0 Å². The lowest BCUT2D eigenvalue weighted by Gasteiger charge is -2.08. The summed E-state index contributed by atoms with van der Waals surface area (Å²) in [4.78, 5) is 19.9. The number of aromatic nitrogens is 4. The first-order chi connectivity index (χ1) is 14.0. The molecule has 0 bridgehead atoms. The van der Waals surface area contributed by atoms with Crippen LogP contribution >= 0.6 is 0 Å². The van der Waals surface area contributed by atoms with E-state index in [1.54, 1.807) is 22.9 Å². The van der Waals surface area contributed by atoms with E-state index in [2.05, 4.69) is 15.1 Å². The molecule has 3 heterocycles. The number of hydrogen-bond acceptors (Lipinski definition) is 4. The van der Waals surface area contributed by atoms with E-state index < -0.39 is 0 Å². The Balaban J connectivity index is 1.71. The molecule has 0 aliphatic heterocycles. The Labute approximate surface area is 164 Å². The lowest BCUT2D eigenvalue weighted by Crippen LogP contribution is -2.17. The molecular formula is C22H17FN4O2. The fourth-order valence-electron chi connectivity index (χ4n) is 3.86. The zero-order valence-electron chi connectivity index (χ0n) is 15.9. The van der Waals surface area contributed by atoms with Crippen LogP contribution in [0.3, 0.4) is 0 Å². The van der Waals surface area contributed by atoms with E-state index in [0.29, 0.717) is 11.1 Å². The van der Waals surface area contributed by atoms with Crippen molar-refractivity contribution in [3.8, 4) is 11.1 Å². The summed E-state index contributed by atoms with van der Waals surface area (Å²) < 4.78 is 20.5. The summed E-state index contributed by atoms with van der Waals surface area (Å²) in [6, 6.07) is 12.1. The minimum atomic E-state index is -0.328. The maximum atomic E-state index is 13.6. The van der Waals surface area contributed by atoms with Crippen LogP contribution in [-0.4, -0.2) is 19.7 Å². The zero-order valence-corrected chi connectivity index (χ0v) is 15.9. The van der Waals surface area contributed by atoms with Crippen LogP contribution in [0.5, 0.6) is 0 Å². The average Bonchev–Trinajstić information content (AvgIpc) is 3.20. The number of aromatic amines is 1. The summed E-state index contributed by atoms with van der Waals surface area (Å²) >= 11 is 0. The van der Waals surface area contributed by atoms with Gasteiger partial charge in [-0.1, -0.05) is 29.4 Å². The molecule has 0 spiro atoms. The summed E-state index contributed by atoms with van der Waals surface area (Å²) in [5.41, 5.74) is 5.31. The molecule has 6 nitrogen and oxygen atoms in total. The van der Waals surface area contributed by atoms with Crippen LogP contribution in [0.15, 0.2) is 58.0 Å². The van der Waals surface area contributed by atoms with E-state index in [1.165, 1.54) is 12.1 Å². The molecule has 0 saturated carbocycles. The number of imidazole rings is 1. The molecule has 1 N–H and O–H groups in total. The second-order valence-electron chi connectivity index (χ2n) is 7.10. The van der Waals surface area contributed by atoms with Crippen molar-refractivity contribution < 1.29 is 8.91 Å². The molecule has 0 atom stereocenters. The van der Waals surface area contributed by atoms with Gasteiger partial charge in [-0.3, -0.25) is 9.55 Å². The Morgan fingerprint density at radius 3 is 2.79 bits per heavy atom. The van der Waals surface area contributed by atoms with Gasteiger partial charge in [0.15, 0.2) is 0 Å². The van der Waals surface area contributed by atoms with Gasteiger partial charge >= 0.3 is 5.69 Å². The summed E-state index contributed by atoms with van der Waals surface area (Å²) in [5, 5.41) is 4.86. The van der Waals surface area contributed by atoms with Crippen LogP contribution in [0, 0.1) is 19.7 Å². The number of fused-ring (bicyclic) bond motifs is 3. The van der Waals surface area contributed by atoms with Gasteiger partial charge in [-0.2, -0.15) is 0 Å². The van der Waals surface area contributed by atoms with Crippen LogP contribution in [-0.2, 0) is 6.54 Å². The van der Waals surface area contributed by atoms with E-state index in [4.69, 9.17) is 4.52 Å². The van der Waals surface area contributed by atoms with Crippen molar-refractivity contribution in [3.05, 3.63) is 82.0 Å². The van der Waals surface area contributed by atoms with Crippen LogP contribution in [0.25, 0.3) is 33.1 Å². The molecule has 144 valence electrons. The third kappa shape index (κ3) is 2.82. The number of hydrogen-bond donors (Lipinski definition) is 1. The first kappa shape index (κ1) is 17.4. The molecule has 29 heavy (non-hydrogen) atoms. The predicted octanol–water partition coefficient (Wildman–Crippen LogP) is 4.34. The summed E-state index contributed by atoms with van der Waals surface area (Å²) in [6.07, 6.45) is 1.65. The lowest BCUT2D eigenvalue weighted by molar-refractivity contribution is 0.393. The van der Waals surface area contributed by atoms with Crippen molar-refractivity contribution in [2.75, 3.05) is 0 Å². The van der Waals surface area contributed by atoms with E-state index in [0.717, 1.165) is 39.0 Å².